The average Bonchev–Trinajstić information content (AvgIpc) is 2.45. The zero-order chi connectivity index (χ0) is 14.8. The maximum atomic E-state index is 11.6. The summed E-state index contributed by atoms with van der Waals surface area (Å²) in [4.78, 5) is 13.8. The Bertz CT molecular complexity index is 703. The van der Waals surface area contributed by atoms with Crippen molar-refractivity contribution in [3.63, 3.8) is 0 Å². The quantitative estimate of drug-likeness (QED) is 0.713. The normalized spacial score (nSPS) is 12.1. The number of fused-ring (bicyclic) bond motifs is 2. The van der Waals surface area contributed by atoms with Crippen molar-refractivity contribution < 1.29 is 9.53 Å². The second-order valence-electron chi connectivity index (χ2n) is 4.68. The van der Waals surface area contributed by atoms with Crippen molar-refractivity contribution in [3.05, 3.63) is 47.0 Å². The molecule has 0 spiro atoms. The van der Waals surface area contributed by atoms with E-state index >= 15 is 0 Å². The minimum Gasteiger partial charge on any atom is -0.466 e. The molecule has 3 rings (SSSR count). The summed E-state index contributed by atoms with van der Waals surface area (Å²) in [6.07, 6.45) is 0.293. The molecule has 0 saturated carbocycles. The first kappa shape index (κ1) is 14.3. The van der Waals surface area contributed by atoms with Gasteiger partial charge in [-0.15, -0.1) is 0 Å². The summed E-state index contributed by atoms with van der Waals surface area (Å²) >= 11 is 7.69. The predicted octanol–water partition coefficient (Wildman–Crippen LogP) is 4.65. The van der Waals surface area contributed by atoms with Crippen LogP contribution in [0.3, 0.4) is 0 Å². The topological polar surface area (TPSA) is 38.3 Å². The lowest BCUT2D eigenvalue weighted by Crippen LogP contribution is -2.08. The van der Waals surface area contributed by atoms with Gasteiger partial charge >= 0.3 is 5.97 Å². The highest BCUT2D eigenvalue weighted by Gasteiger charge is 2.17. The van der Waals surface area contributed by atoms with E-state index in [1.165, 1.54) is 0 Å². The SMILES string of the molecule is CCOC(=O)Cc1ccc2c(c1)Nc1ccc(Cl)cc1S2. The molecule has 0 radical (unpaired) electrons. The Kier molecular flexibility index (Phi) is 4.08. The largest absolute Gasteiger partial charge is 0.466 e. The van der Waals surface area contributed by atoms with Gasteiger partial charge in [-0.25, -0.2) is 0 Å². The highest BCUT2D eigenvalue weighted by Crippen LogP contribution is 2.45. The number of carbonyl (C=O) groups is 1. The Morgan fingerprint density at radius 2 is 2.05 bits per heavy atom. The molecule has 0 atom stereocenters. The van der Waals surface area contributed by atoms with Gasteiger partial charge in [0.2, 0.25) is 0 Å². The van der Waals surface area contributed by atoms with E-state index < -0.39 is 0 Å². The van der Waals surface area contributed by atoms with E-state index in [0.29, 0.717) is 13.0 Å². The van der Waals surface area contributed by atoms with Crippen LogP contribution in [0.2, 0.25) is 5.02 Å². The molecule has 0 saturated heterocycles. The molecule has 0 bridgehead atoms. The van der Waals surface area contributed by atoms with Gasteiger partial charge in [0, 0.05) is 14.8 Å². The van der Waals surface area contributed by atoms with Crippen LogP contribution in [0.15, 0.2) is 46.2 Å². The number of anilines is 2. The van der Waals surface area contributed by atoms with E-state index in [4.69, 9.17) is 16.3 Å². The molecule has 0 fully saturated rings. The molecule has 1 heterocycles. The molecule has 2 aromatic rings. The summed E-state index contributed by atoms with van der Waals surface area (Å²) in [5.74, 6) is -0.201. The van der Waals surface area contributed by atoms with Crippen molar-refractivity contribution in [1.29, 1.82) is 0 Å². The molecule has 1 aliphatic rings. The van der Waals surface area contributed by atoms with Gasteiger partial charge in [0.15, 0.2) is 0 Å². The van der Waals surface area contributed by atoms with E-state index in [9.17, 15) is 4.79 Å². The van der Waals surface area contributed by atoms with Gasteiger partial charge in [-0.1, -0.05) is 29.4 Å². The standard InChI is InChI=1S/C16H14ClNO2S/c1-2-20-16(19)8-10-3-6-14-13(7-10)18-12-5-4-11(17)9-15(12)21-14/h3-7,9,18H,2,8H2,1H3. The third-order valence-electron chi connectivity index (χ3n) is 3.13. The predicted molar refractivity (Wildman–Crippen MR) is 85.6 cm³/mol. The molecule has 2 aromatic carbocycles. The molecular formula is C16H14ClNO2S. The minimum atomic E-state index is -0.201. The Balaban J connectivity index is 1.84. The van der Waals surface area contributed by atoms with Crippen LogP contribution in [-0.4, -0.2) is 12.6 Å². The van der Waals surface area contributed by atoms with E-state index in [2.05, 4.69) is 5.32 Å². The van der Waals surface area contributed by atoms with E-state index in [-0.39, 0.29) is 5.97 Å². The second-order valence-corrected chi connectivity index (χ2v) is 6.20. The maximum absolute atomic E-state index is 11.6. The van der Waals surface area contributed by atoms with Crippen LogP contribution < -0.4 is 5.32 Å². The van der Waals surface area contributed by atoms with E-state index in [1.807, 2.05) is 43.3 Å². The first-order chi connectivity index (χ1) is 10.2. The van der Waals surface area contributed by atoms with Crippen LogP contribution in [0, 0.1) is 0 Å². The number of halogens is 1. The number of hydrogen-bond donors (Lipinski definition) is 1. The third-order valence-corrected chi connectivity index (χ3v) is 4.50. The first-order valence-corrected chi connectivity index (χ1v) is 7.88. The lowest BCUT2D eigenvalue weighted by Gasteiger charge is -2.21. The van der Waals surface area contributed by atoms with Gasteiger partial charge in [-0.3, -0.25) is 4.79 Å². The number of rotatable bonds is 3. The number of ether oxygens (including phenoxy) is 1. The third kappa shape index (κ3) is 3.17. The highest BCUT2D eigenvalue weighted by molar-refractivity contribution is 7.99. The smallest absolute Gasteiger partial charge is 0.310 e. The maximum Gasteiger partial charge on any atom is 0.310 e. The van der Waals surface area contributed by atoms with Crippen LogP contribution in [0.1, 0.15) is 12.5 Å². The number of benzene rings is 2. The van der Waals surface area contributed by atoms with Crippen LogP contribution in [0.4, 0.5) is 11.4 Å². The minimum absolute atomic E-state index is 0.201. The molecule has 21 heavy (non-hydrogen) atoms. The summed E-state index contributed by atoms with van der Waals surface area (Å²) in [5, 5.41) is 4.11. The van der Waals surface area contributed by atoms with Crippen molar-refractivity contribution in [1.82, 2.24) is 0 Å². The molecule has 1 aliphatic heterocycles. The van der Waals surface area contributed by atoms with Crippen molar-refractivity contribution in [2.75, 3.05) is 11.9 Å². The zero-order valence-corrected chi connectivity index (χ0v) is 13.1. The molecule has 0 amide bonds. The van der Waals surface area contributed by atoms with Crippen molar-refractivity contribution >= 4 is 40.7 Å². The summed E-state index contributed by atoms with van der Waals surface area (Å²) in [7, 11) is 0. The Hall–Kier alpha value is -1.65. The van der Waals surface area contributed by atoms with Gasteiger partial charge in [0.1, 0.15) is 0 Å². The summed E-state index contributed by atoms with van der Waals surface area (Å²) in [6.45, 7) is 2.22. The van der Waals surface area contributed by atoms with Gasteiger partial charge in [-0.2, -0.15) is 0 Å². The Morgan fingerprint density at radius 1 is 1.19 bits per heavy atom. The molecule has 3 nitrogen and oxygen atoms in total. The van der Waals surface area contributed by atoms with Crippen molar-refractivity contribution in [2.24, 2.45) is 0 Å². The fourth-order valence-electron chi connectivity index (χ4n) is 2.20. The Morgan fingerprint density at radius 3 is 2.86 bits per heavy atom. The summed E-state index contributed by atoms with van der Waals surface area (Å²) < 4.78 is 4.98. The molecule has 5 heteroatoms. The number of hydrogen-bond acceptors (Lipinski definition) is 4. The zero-order valence-electron chi connectivity index (χ0n) is 11.5. The lowest BCUT2D eigenvalue weighted by molar-refractivity contribution is -0.142. The molecule has 0 aliphatic carbocycles. The fourth-order valence-corrected chi connectivity index (χ4v) is 3.44. The monoisotopic (exact) mass is 319 g/mol. The molecule has 0 unspecified atom stereocenters. The lowest BCUT2D eigenvalue weighted by atomic mass is 10.1. The van der Waals surface area contributed by atoms with Crippen LogP contribution in [-0.2, 0) is 16.0 Å². The number of carbonyl (C=O) groups excluding carboxylic acids is 1. The summed E-state index contributed by atoms with van der Waals surface area (Å²) in [5.41, 5.74) is 2.99. The molecule has 108 valence electrons. The molecular weight excluding hydrogens is 306 g/mol. The van der Waals surface area contributed by atoms with Crippen molar-refractivity contribution in [3.8, 4) is 0 Å². The van der Waals surface area contributed by atoms with Crippen LogP contribution in [0.5, 0.6) is 0 Å². The molecule has 1 N–H and O–H groups in total. The average molecular weight is 320 g/mol. The molecule has 0 aromatic heterocycles. The van der Waals surface area contributed by atoms with Gasteiger partial charge < -0.3 is 10.1 Å². The van der Waals surface area contributed by atoms with Crippen molar-refractivity contribution in [2.45, 2.75) is 23.1 Å². The fraction of sp³-hybridized carbons (Fsp3) is 0.188. The Labute approximate surface area is 132 Å². The van der Waals surface area contributed by atoms with Crippen LogP contribution in [0.25, 0.3) is 0 Å². The number of nitrogens with one attached hydrogen (secondary N) is 1. The van der Waals surface area contributed by atoms with E-state index in [0.717, 1.165) is 31.8 Å². The second kappa shape index (κ2) is 6.00. The van der Waals surface area contributed by atoms with Crippen LogP contribution >= 0.6 is 23.4 Å². The van der Waals surface area contributed by atoms with Gasteiger partial charge in [-0.05, 0) is 42.8 Å². The van der Waals surface area contributed by atoms with Gasteiger partial charge in [0.25, 0.3) is 0 Å². The van der Waals surface area contributed by atoms with Gasteiger partial charge in [0.05, 0.1) is 24.4 Å². The highest BCUT2D eigenvalue weighted by atomic mass is 35.5. The summed E-state index contributed by atoms with van der Waals surface area (Å²) in [6, 6.07) is 11.7. The van der Waals surface area contributed by atoms with E-state index in [1.54, 1.807) is 11.8 Å². The first-order valence-electron chi connectivity index (χ1n) is 6.68. The number of esters is 1.